The summed E-state index contributed by atoms with van der Waals surface area (Å²) < 4.78 is 0. The fourth-order valence-corrected chi connectivity index (χ4v) is 2.17. The Labute approximate surface area is 128 Å². The van der Waals surface area contributed by atoms with E-state index in [0.717, 1.165) is 12.1 Å². The quantitative estimate of drug-likeness (QED) is 0.395. The summed E-state index contributed by atoms with van der Waals surface area (Å²) in [5.74, 6) is -3.76. The predicted molar refractivity (Wildman–Crippen MR) is 73.7 cm³/mol. The molecule has 10 heteroatoms. The first-order valence-corrected chi connectivity index (χ1v) is 6.46. The number of carboxylic acids is 1. The average Bonchev–Trinajstić information content (AvgIpc) is 2.49. The lowest BCUT2D eigenvalue weighted by Gasteiger charge is -2.22. The zero-order valence-electron chi connectivity index (χ0n) is 11.6. The van der Waals surface area contributed by atoms with Crippen LogP contribution in [0.1, 0.15) is 33.6 Å². The number of benzene rings is 1. The summed E-state index contributed by atoms with van der Waals surface area (Å²) in [5.41, 5.74) is -1.92. The summed E-state index contributed by atoms with van der Waals surface area (Å²) in [6, 6.07) is 2.23. The van der Waals surface area contributed by atoms with E-state index in [9.17, 15) is 29.3 Å². The zero-order valence-corrected chi connectivity index (χ0v) is 11.6. The van der Waals surface area contributed by atoms with Gasteiger partial charge in [-0.1, -0.05) is 6.07 Å². The number of nitro benzene ring substituents is 1. The molecule has 1 aliphatic heterocycles. The molecule has 1 aromatic carbocycles. The number of nitro groups is 1. The van der Waals surface area contributed by atoms with Gasteiger partial charge in [0.15, 0.2) is 0 Å². The maximum absolute atomic E-state index is 12.2. The number of hydrogen-bond acceptors (Lipinski definition) is 6. The minimum absolute atomic E-state index is 0.0252. The molecule has 0 bridgehead atoms. The maximum Gasteiger partial charge on any atom is 0.343 e. The van der Waals surface area contributed by atoms with Gasteiger partial charge in [-0.2, -0.15) is 0 Å². The number of amides is 3. The SMILES string of the molecule is O=C1CCC(NC(=O)c2cccc([N+](=O)[O-])c2C(=O)O)C(=O)N1. The van der Waals surface area contributed by atoms with Crippen LogP contribution in [0.2, 0.25) is 0 Å². The third kappa shape index (κ3) is 3.31. The number of hydrogen-bond donors (Lipinski definition) is 3. The molecule has 10 nitrogen and oxygen atoms in total. The summed E-state index contributed by atoms with van der Waals surface area (Å²) >= 11 is 0. The number of aromatic carboxylic acids is 1. The Balaban J connectivity index is 2.31. The fraction of sp³-hybridized carbons (Fsp3) is 0.231. The smallest absolute Gasteiger partial charge is 0.343 e. The molecule has 0 aliphatic carbocycles. The van der Waals surface area contributed by atoms with Crippen molar-refractivity contribution in [2.75, 3.05) is 0 Å². The molecule has 23 heavy (non-hydrogen) atoms. The van der Waals surface area contributed by atoms with Crippen molar-refractivity contribution >= 4 is 29.4 Å². The molecule has 1 fully saturated rings. The number of piperidine rings is 1. The van der Waals surface area contributed by atoms with Gasteiger partial charge in [-0.05, 0) is 12.5 Å². The van der Waals surface area contributed by atoms with Crippen LogP contribution in [0.5, 0.6) is 0 Å². The first kappa shape index (κ1) is 16.1. The van der Waals surface area contributed by atoms with Gasteiger partial charge >= 0.3 is 5.97 Å². The molecule has 0 aromatic heterocycles. The van der Waals surface area contributed by atoms with Crippen LogP contribution in [-0.4, -0.2) is 39.8 Å². The number of carbonyl (C=O) groups excluding carboxylic acids is 3. The van der Waals surface area contributed by atoms with Gasteiger partial charge in [-0.25, -0.2) is 4.79 Å². The van der Waals surface area contributed by atoms with Crippen molar-refractivity contribution in [3.8, 4) is 0 Å². The molecule has 0 radical (unpaired) electrons. The Morgan fingerprint density at radius 2 is 2.04 bits per heavy atom. The van der Waals surface area contributed by atoms with E-state index in [0.29, 0.717) is 0 Å². The van der Waals surface area contributed by atoms with E-state index in [1.165, 1.54) is 6.07 Å². The van der Waals surface area contributed by atoms with Gasteiger partial charge in [0.05, 0.1) is 10.5 Å². The van der Waals surface area contributed by atoms with Gasteiger partial charge in [0.25, 0.3) is 11.6 Å². The normalized spacial score (nSPS) is 17.3. The summed E-state index contributed by atoms with van der Waals surface area (Å²) in [5, 5.41) is 24.3. The van der Waals surface area contributed by atoms with Crippen molar-refractivity contribution in [2.45, 2.75) is 18.9 Å². The third-order valence-corrected chi connectivity index (χ3v) is 3.24. The Bertz CT molecular complexity index is 728. The summed E-state index contributed by atoms with van der Waals surface area (Å²) in [6.45, 7) is 0. The molecule has 3 amide bonds. The second-order valence-electron chi connectivity index (χ2n) is 4.74. The minimum Gasteiger partial charge on any atom is -0.477 e. The van der Waals surface area contributed by atoms with Gasteiger partial charge in [0.2, 0.25) is 11.8 Å². The van der Waals surface area contributed by atoms with Crippen LogP contribution < -0.4 is 10.6 Å². The number of carboxylic acid groups (broad SMARTS) is 1. The van der Waals surface area contributed by atoms with E-state index in [4.69, 9.17) is 5.11 Å². The standard InChI is InChI=1S/C13H11N3O7/c17-9-5-4-7(12(19)15-9)14-11(18)6-2-1-3-8(16(22)23)10(6)13(20)21/h1-3,7H,4-5H2,(H,14,18)(H,20,21)(H,15,17,19). The molecular formula is C13H11N3O7. The van der Waals surface area contributed by atoms with Crippen LogP contribution in [0.25, 0.3) is 0 Å². The molecule has 0 saturated carbocycles. The molecule has 3 N–H and O–H groups in total. The lowest BCUT2D eigenvalue weighted by atomic mass is 10.0. The largest absolute Gasteiger partial charge is 0.477 e. The lowest BCUT2D eigenvalue weighted by molar-refractivity contribution is -0.385. The van der Waals surface area contributed by atoms with Crippen LogP contribution >= 0.6 is 0 Å². The van der Waals surface area contributed by atoms with Gasteiger partial charge < -0.3 is 10.4 Å². The molecule has 0 spiro atoms. The molecule has 2 rings (SSSR count). The van der Waals surface area contributed by atoms with Gasteiger partial charge in [-0.15, -0.1) is 0 Å². The number of nitrogens with one attached hydrogen (secondary N) is 2. The van der Waals surface area contributed by atoms with Crippen LogP contribution in [0, 0.1) is 10.1 Å². The highest BCUT2D eigenvalue weighted by Gasteiger charge is 2.31. The number of imide groups is 1. The van der Waals surface area contributed by atoms with Gasteiger partial charge in [0.1, 0.15) is 11.6 Å². The van der Waals surface area contributed by atoms with Crippen molar-refractivity contribution < 1.29 is 29.2 Å². The van der Waals surface area contributed by atoms with Crippen molar-refractivity contribution in [3.63, 3.8) is 0 Å². The molecule has 120 valence electrons. The third-order valence-electron chi connectivity index (χ3n) is 3.24. The minimum atomic E-state index is -1.63. The molecule has 1 atom stereocenters. The second kappa shape index (κ2) is 6.22. The van der Waals surface area contributed by atoms with Crippen molar-refractivity contribution in [1.29, 1.82) is 0 Å². The summed E-state index contributed by atoms with van der Waals surface area (Å²) in [4.78, 5) is 56.0. The van der Waals surface area contributed by atoms with Gasteiger partial charge in [0, 0.05) is 12.5 Å². The monoisotopic (exact) mass is 321 g/mol. The van der Waals surface area contributed by atoms with Crippen LogP contribution in [0.3, 0.4) is 0 Å². The van der Waals surface area contributed by atoms with E-state index in [2.05, 4.69) is 5.32 Å². The Morgan fingerprint density at radius 3 is 2.61 bits per heavy atom. The highest BCUT2D eigenvalue weighted by Crippen LogP contribution is 2.22. The van der Waals surface area contributed by atoms with Crippen molar-refractivity contribution in [3.05, 3.63) is 39.4 Å². The van der Waals surface area contributed by atoms with E-state index >= 15 is 0 Å². The first-order chi connectivity index (χ1) is 10.8. The van der Waals surface area contributed by atoms with Crippen LogP contribution in [-0.2, 0) is 9.59 Å². The Kier molecular flexibility index (Phi) is 4.35. The maximum atomic E-state index is 12.2. The Morgan fingerprint density at radius 1 is 1.35 bits per heavy atom. The number of rotatable bonds is 4. The Hall–Kier alpha value is -3.30. The topological polar surface area (TPSA) is 156 Å². The van der Waals surface area contributed by atoms with Crippen molar-refractivity contribution in [1.82, 2.24) is 10.6 Å². The molecule has 1 saturated heterocycles. The average molecular weight is 321 g/mol. The number of nitrogens with zero attached hydrogens (tertiary/aromatic N) is 1. The first-order valence-electron chi connectivity index (χ1n) is 6.46. The van der Waals surface area contributed by atoms with Crippen molar-refractivity contribution in [2.24, 2.45) is 0 Å². The van der Waals surface area contributed by atoms with E-state index in [1.54, 1.807) is 0 Å². The van der Waals surface area contributed by atoms with E-state index < -0.39 is 51.5 Å². The van der Waals surface area contributed by atoms with E-state index in [1.807, 2.05) is 5.32 Å². The second-order valence-corrected chi connectivity index (χ2v) is 4.74. The molecule has 1 heterocycles. The lowest BCUT2D eigenvalue weighted by Crippen LogP contribution is -2.52. The summed E-state index contributed by atoms with van der Waals surface area (Å²) in [7, 11) is 0. The molecule has 1 aromatic rings. The van der Waals surface area contributed by atoms with Crippen LogP contribution in [0.4, 0.5) is 5.69 Å². The molecule has 1 unspecified atom stereocenters. The summed E-state index contributed by atoms with van der Waals surface area (Å²) in [6.07, 6.45) is 0.0884. The van der Waals surface area contributed by atoms with Gasteiger partial charge in [-0.3, -0.25) is 29.8 Å². The fourth-order valence-electron chi connectivity index (χ4n) is 2.17. The van der Waals surface area contributed by atoms with Crippen LogP contribution in [0.15, 0.2) is 18.2 Å². The highest BCUT2D eigenvalue weighted by molar-refractivity contribution is 6.09. The number of carbonyl (C=O) groups is 4. The molecular weight excluding hydrogens is 310 g/mol. The van der Waals surface area contributed by atoms with E-state index in [-0.39, 0.29) is 12.8 Å². The predicted octanol–water partition coefficient (Wildman–Crippen LogP) is -0.172. The molecule has 1 aliphatic rings. The highest BCUT2D eigenvalue weighted by atomic mass is 16.6. The zero-order chi connectivity index (χ0) is 17.1.